The lowest BCUT2D eigenvalue weighted by Gasteiger charge is -2.15. The Morgan fingerprint density at radius 3 is 3.05 bits per heavy atom. The molecule has 0 saturated carbocycles. The van der Waals surface area contributed by atoms with Gasteiger partial charge in [0.1, 0.15) is 6.33 Å². The van der Waals surface area contributed by atoms with Crippen molar-refractivity contribution in [2.45, 2.75) is 25.2 Å². The van der Waals surface area contributed by atoms with Gasteiger partial charge in [-0.25, -0.2) is 14.1 Å². The molecule has 2 heterocycles. The van der Waals surface area contributed by atoms with E-state index in [4.69, 9.17) is 15.4 Å². The third-order valence-corrected chi connectivity index (χ3v) is 3.58. The van der Waals surface area contributed by atoms with E-state index in [0.29, 0.717) is 12.8 Å². The highest BCUT2D eigenvalue weighted by atomic mass is 31.2. The molecule has 1 aromatic rings. The number of ether oxygens (including phenoxy) is 1. The Kier molecular flexibility index (Phi) is 4.48. The molecule has 0 spiro atoms. The molecule has 0 aromatic carbocycles. The number of hydrogen-bond donors (Lipinski definition) is 2. The molecule has 1 aromatic heterocycles. The van der Waals surface area contributed by atoms with Crippen molar-refractivity contribution in [1.82, 2.24) is 14.8 Å². The van der Waals surface area contributed by atoms with Gasteiger partial charge in [-0.1, -0.05) is 0 Å². The van der Waals surface area contributed by atoms with Crippen molar-refractivity contribution in [3.8, 4) is 0 Å². The van der Waals surface area contributed by atoms with Crippen molar-refractivity contribution in [1.29, 1.82) is 0 Å². The van der Waals surface area contributed by atoms with Crippen LogP contribution in [0.1, 0.15) is 29.7 Å². The smallest absolute Gasteiger partial charge is 0.358 e. The standard InChI is InChI=1S/C9H14FN4O5P/c10-4-20(16,17)18-3-6-1-2-7(19-6)14-5-12-9(13-14)8(11)15/h5-7H,1-4H2,(H2,11,15)(H,16,17)/t6-,7+/m0/s1. The summed E-state index contributed by atoms with van der Waals surface area (Å²) in [5.41, 5.74) is 5.03. The van der Waals surface area contributed by atoms with E-state index < -0.39 is 32.3 Å². The van der Waals surface area contributed by atoms with Gasteiger partial charge in [-0.15, -0.1) is 5.10 Å². The summed E-state index contributed by atoms with van der Waals surface area (Å²) >= 11 is 0. The predicted octanol–water partition coefficient (Wildman–Crippen LogP) is 0.184. The van der Waals surface area contributed by atoms with Crippen molar-refractivity contribution in [3.05, 3.63) is 12.2 Å². The summed E-state index contributed by atoms with van der Waals surface area (Å²) in [6, 6.07) is 0. The van der Waals surface area contributed by atoms with Gasteiger partial charge in [-0.05, 0) is 12.8 Å². The Hall–Kier alpha value is -1.35. The average Bonchev–Trinajstić information content (AvgIpc) is 3.05. The van der Waals surface area contributed by atoms with Gasteiger partial charge in [0.2, 0.25) is 5.82 Å². The number of alkyl halides is 1. The zero-order chi connectivity index (χ0) is 14.8. The van der Waals surface area contributed by atoms with Gasteiger partial charge in [-0.3, -0.25) is 9.36 Å². The number of rotatable bonds is 6. The van der Waals surface area contributed by atoms with Gasteiger partial charge < -0.3 is 19.9 Å². The Labute approximate surface area is 113 Å². The van der Waals surface area contributed by atoms with Crippen LogP contribution in [0.2, 0.25) is 0 Å². The number of hydrogen-bond acceptors (Lipinski definition) is 6. The van der Waals surface area contributed by atoms with E-state index in [1.807, 2.05) is 0 Å². The topological polar surface area (TPSA) is 130 Å². The van der Waals surface area contributed by atoms with E-state index in [1.54, 1.807) is 0 Å². The van der Waals surface area contributed by atoms with E-state index in [9.17, 15) is 13.8 Å². The van der Waals surface area contributed by atoms with Crippen LogP contribution in [0.5, 0.6) is 0 Å². The summed E-state index contributed by atoms with van der Waals surface area (Å²) in [6.07, 6.45) is 0.0607. The minimum absolute atomic E-state index is 0.120. The normalized spacial score (nSPS) is 25.5. The summed E-state index contributed by atoms with van der Waals surface area (Å²) in [6.45, 7) is -0.189. The van der Waals surface area contributed by atoms with Crippen molar-refractivity contribution in [2.24, 2.45) is 5.73 Å². The third-order valence-electron chi connectivity index (χ3n) is 2.72. The van der Waals surface area contributed by atoms with Crippen LogP contribution in [0.25, 0.3) is 0 Å². The van der Waals surface area contributed by atoms with Crippen molar-refractivity contribution in [2.75, 3.05) is 13.0 Å². The van der Waals surface area contributed by atoms with E-state index in [-0.39, 0.29) is 12.4 Å². The lowest BCUT2D eigenvalue weighted by atomic mass is 10.2. The van der Waals surface area contributed by atoms with Gasteiger partial charge in [0.25, 0.3) is 5.91 Å². The average molecular weight is 308 g/mol. The third kappa shape index (κ3) is 3.60. The highest BCUT2D eigenvalue weighted by Crippen LogP contribution is 2.42. The summed E-state index contributed by atoms with van der Waals surface area (Å²) < 4.78 is 34.5. The number of halogens is 1. The number of amides is 1. The molecule has 3 atom stereocenters. The number of nitrogens with two attached hydrogens (primary N) is 1. The van der Waals surface area contributed by atoms with E-state index >= 15 is 0 Å². The molecule has 1 saturated heterocycles. The lowest BCUT2D eigenvalue weighted by Crippen LogP contribution is -2.18. The highest BCUT2D eigenvalue weighted by Gasteiger charge is 2.30. The summed E-state index contributed by atoms with van der Waals surface area (Å²) in [5.74, 6) is -0.864. The van der Waals surface area contributed by atoms with Crippen LogP contribution < -0.4 is 5.73 Å². The van der Waals surface area contributed by atoms with Gasteiger partial charge in [0, 0.05) is 0 Å². The summed E-state index contributed by atoms with van der Waals surface area (Å²) in [7, 11) is -4.17. The maximum atomic E-state index is 12.1. The van der Waals surface area contributed by atoms with Crippen LogP contribution in [-0.2, 0) is 13.8 Å². The van der Waals surface area contributed by atoms with Crippen molar-refractivity contribution < 1.29 is 27.9 Å². The van der Waals surface area contributed by atoms with Gasteiger partial charge in [-0.2, -0.15) is 0 Å². The maximum absolute atomic E-state index is 12.1. The van der Waals surface area contributed by atoms with Gasteiger partial charge >= 0.3 is 7.60 Å². The fourth-order valence-corrected chi connectivity index (χ4v) is 2.23. The number of nitrogens with zero attached hydrogens (tertiary/aromatic N) is 3. The molecule has 0 radical (unpaired) electrons. The molecule has 1 aliphatic rings. The summed E-state index contributed by atoms with van der Waals surface area (Å²) in [5, 5.41) is 3.85. The van der Waals surface area contributed by atoms with E-state index in [1.165, 1.54) is 11.0 Å². The highest BCUT2D eigenvalue weighted by molar-refractivity contribution is 7.52. The number of carbonyl (C=O) groups is 1. The molecule has 1 fully saturated rings. The Morgan fingerprint density at radius 2 is 2.45 bits per heavy atom. The quantitative estimate of drug-likeness (QED) is 0.717. The van der Waals surface area contributed by atoms with Crippen molar-refractivity contribution >= 4 is 13.5 Å². The first-order valence-corrected chi connectivity index (χ1v) is 7.56. The maximum Gasteiger partial charge on any atom is 0.358 e. The molecule has 112 valence electrons. The Balaban J connectivity index is 1.88. The van der Waals surface area contributed by atoms with Crippen LogP contribution in [0.3, 0.4) is 0 Å². The zero-order valence-electron chi connectivity index (χ0n) is 10.4. The van der Waals surface area contributed by atoms with Crippen LogP contribution in [0.4, 0.5) is 4.39 Å². The van der Waals surface area contributed by atoms with Crippen LogP contribution in [0.15, 0.2) is 6.33 Å². The predicted molar refractivity (Wildman–Crippen MR) is 63.4 cm³/mol. The van der Waals surface area contributed by atoms with Crippen LogP contribution in [-0.4, -0.2) is 44.7 Å². The monoisotopic (exact) mass is 308 g/mol. The fourth-order valence-electron chi connectivity index (χ4n) is 1.76. The molecule has 1 aliphatic heterocycles. The van der Waals surface area contributed by atoms with E-state index in [0.717, 1.165) is 0 Å². The summed E-state index contributed by atoms with van der Waals surface area (Å²) in [4.78, 5) is 23.5. The first-order chi connectivity index (χ1) is 9.41. The molecule has 0 bridgehead atoms. The molecule has 0 aliphatic carbocycles. The molecular formula is C9H14FN4O5P. The first kappa shape index (κ1) is 15.0. The fraction of sp³-hybridized carbons (Fsp3) is 0.667. The molecule has 20 heavy (non-hydrogen) atoms. The lowest BCUT2D eigenvalue weighted by molar-refractivity contribution is -0.0256. The second-order valence-electron chi connectivity index (χ2n) is 4.26. The Morgan fingerprint density at radius 1 is 1.70 bits per heavy atom. The molecule has 1 amide bonds. The Bertz CT molecular complexity index is 538. The molecule has 9 nitrogen and oxygen atoms in total. The second kappa shape index (κ2) is 5.96. The minimum atomic E-state index is -4.17. The molecule has 2 rings (SSSR count). The molecule has 3 N–H and O–H groups in total. The first-order valence-electron chi connectivity index (χ1n) is 5.80. The molecule has 11 heteroatoms. The number of carbonyl (C=O) groups excluding carboxylic acids is 1. The van der Waals surface area contributed by atoms with E-state index in [2.05, 4.69) is 14.6 Å². The SMILES string of the molecule is NC(=O)c1ncn([C@H]2CC[C@@H](COP(=O)(O)CF)O2)n1. The van der Waals surface area contributed by atoms with Crippen molar-refractivity contribution in [3.63, 3.8) is 0 Å². The van der Waals surface area contributed by atoms with Crippen LogP contribution >= 0.6 is 7.60 Å². The second-order valence-corrected chi connectivity index (χ2v) is 6.03. The minimum Gasteiger partial charge on any atom is -0.363 e. The number of primary amides is 1. The van der Waals surface area contributed by atoms with Gasteiger partial charge in [0.15, 0.2) is 12.6 Å². The largest absolute Gasteiger partial charge is 0.363 e. The zero-order valence-corrected chi connectivity index (χ0v) is 11.3. The van der Waals surface area contributed by atoms with Gasteiger partial charge in [0.05, 0.1) is 12.7 Å². The number of aromatic nitrogens is 3. The molecular weight excluding hydrogens is 294 g/mol. The van der Waals surface area contributed by atoms with Crippen LogP contribution in [0, 0.1) is 0 Å². The molecule has 1 unspecified atom stereocenters.